The molecule has 4 nitrogen and oxygen atoms in total. The van der Waals surface area contributed by atoms with Gasteiger partial charge in [-0.15, -0.1) is 0 Å². The van der Waals surface area contributed by atoms with Gasteiger partial charge in [0.2, 0.25) is 0 Å². The van der Waals surface area contributed by atoms with Gasteiger partial charge in [-0.3, -0.25) is 9.59 Å². The Morgan fingerprint density at radius 3 is 2.00 bits per heavy atom. The summed E-state index contributed by atoms with van der Waals surface area (Å²) in [4.78, 5) is 26.5. The van der Waals surface area contributed by atoms with Gasteiger partial charge in [0, 0.05) is 12.4 Å². The first-order chi connectivity index (χ1) is 5.63. The molecule has 0 fully saturated rings. The summed E-state index contributed by atoms with van der Waals surface area (Å²) < 4.78 is 0. The molecule has 0 amide bonds. The second-order valence-corrected chi connectivity index (χ2v) is 2.34. The molecule has 0 aliphatic carbocycles. The third kappa shape index (κ3) is 8.55. The Hall–Kier alpha value is -1.45. The van der Waals surface area contributed by atoms with Crippen molar-refractivity contribution in [2.24, 2.45) is 0 Å². The molecule has 0 bridgehead atoms. The number of aromatic nitrogens is 2. The Labute approximate surface area is 71.0 Å². The molecule has 0 aromatic carbocycles. The summed E-state index contributed by atoms with van der Waals surface area (Å²) in [5.74, 6) is -0.125. The molecular formula is C8H12N2O2. The first-order valence-electron chi connectivity index (χ1n) is 3.54. The smallest absolute Gasteiger partial charge is 0.137 e. The Balaban J connectivity index is 0.000000211. The lowest BCUT2D eigenvalue weighted by Crippen LogP contribution is -1.97. The normalized spacial score (nSPS) is 8.17. The minimum atomic E-state index is -0.0625. The molecule has 12 heavy (non-hydrogen) atoms. The van der Waals surface area contributed by atoms with Crippen molar-refractivity contribution < 1.29 is 9.59 Å². The van der Waals surface area contributed by atoms with Crippen LogP contribution in [0.3, 0.4) is 0 Å². The zero-order valence-electron chi connectivity index (χ0n) is 7.20. The molecule has 0 saturated carbocycles. The quantitative estimate of drug-likeness (QED) is 0.669. The fraction of sp³-hybridized carbons (Fsp3) is 0.375. The maximum atomic E-state index is 10.0. The largest absolute Gasteiger partial charge is 0.351 e. The van der Waals surface area contributed by atoms with E-state index in [1.165, 1.54) is 13.8 Å². The molecular weight excluding hydrogens is 156 g/mol. The van der Waals surface area contributed by atoms with Gasteiger partial charge in [-0.1, -0.05) is 0 Å². The molecule has 1 heterocycles. The van der Waals surface area contributed by atoms with E-state index in [1.807, 2.05) is 0 Å². The van der Waals surface area contributed by atoms with E-state index in [1.54, 1.807) is 18.7 Å². The second kappa shape index (κ2) is 6.27. The first kappa shape index (κ1) is 10.6. The van der Waals surface area contributed by atoms with E-state index >= 15 is 0 Å². The van der Waals surface area contributed by atoms with Gasteiger partial charge in [-0.05, 0) is 13.8 Å². The van der Waals surface area contributed by atoms with Crippen molar-refractivity contribution in [1.29, 1.82) is 0 Å². The van der Waals surface area contributed by atoms with Crippen molar-refractivity contribution >= 4 is 11.6 Å². The number of nitrogens with zero attached hydrogens (tertiary/aromatic N) is 1. The summed E-state index contributed by atoms with van der Waals surface area (Å²) in [6.45, 7) is 2.81. The van der Waals surface area contributed by atoms with Gasteiger partial charge < -0.3 is 4.98 Å². The minimum Gasteiger partial charge on any atom is -0.351 e. The number of hydrogen-bond donors (Lipinski definition) is 1. The van der Waals surface area contributed by atoms with E-state index in [4.69, 9.17) is 0 Å². The topological polar surface area (TPSA) is 62.8 Å². The number of aromatic amines is 1. The molecule has 0 atom stereocenters. The molecule has 1 aromatic rings. The molecule has 1 aromatic heterocycles. The van der Waals surface area contributed by atoms with Gasteiger partial charge in [0.15, 0.2) is 0 Å². The van der Waals surface area contributed by atoms with E-state index in [0.717, 1.165) is 0 Å². The highest BCUT2D eigenvalue weighted by Gasteiger charge is 1.94. The van der Waals surface area contributed by atoms with Crippen LogP contribution in [0, 0.1) is 0 Å². The number of Topliss-reactive ketones (excluding diaryl/α,β-unsaturated/α-hetero) is 2. The predicted molar refractivity (Wildman–Crippen MR) is 44.6 cm³/mol. The summed E-state index contributed by atoms with van der Waals surface area (Å²) in [7, 11) is 0. The Morgan fingerprint density at radius 1 is 1.33 bits per heavy atom. The lowest BCUT2D eigenvalue weighted by Gasteiger charge is -1.81. The summed E-state index contributed by atoms with van der Waals surface area (Å²) in [5.41, 5.74) is 0. The monoisotopic (exact) mass is 168 g/mol. The summed E-state index contributed by atoms with van der Waals surface area (Å²) >= 11 is 0. The van der Waals surface area contributed by atoms with E-state index in [-0.39, 0.29) is 18.0 Å². The number of carbonyl (C=O) groups is 2. The minimum absolute atomic E-state index is 0.0625. The highest BCUT2D eigenvalue weighted by molar-refractivity contribution is 5.96. The molecule has 0 radical (unpaired) electrons. The molecule has 0 aliphatic rings. The van der Waals surface area contributed by atoms with Crippen LogP contribution in [0.15, 0.2) is 18.7 Å². The van der Waals surface area contributed by atoms with E-state index in [2.05, 4.69) is 9.97 Å². The van der Waals surface area contributed by atoms with Crippen molar-refractivity contribution in [2.75, 3.05) is 0 Å². The summed E-state index contributed by atoms with van der Waals surface area (Å²) in [5, 5.41) is 0. The van der Waals surface area contributed by atoms with Crippen molar-refractivity contribution in [3.8, 4) is 0 Å². The maximum absolute atomic E-state index is 10.0. The number of carbonyl (C=O) groups excluding carboxylic acids is 2. The molecule has 1 rings (SSSR count). The highest BCUT2D eigenvalue weighted by Crippen LogP contribution is 1.80. The third-order valence-electron chi connectivity index (χ3n) is 0.904. The number of ketones is 2. The van der Waals surface area contributed by atoms with Gasteiger partial charge in [0.25, 0.3) is 0 Å². The van der Waals surface area contributed by atoms with Gasteiger partial charge >= 0.3 is 0 Å². The van der Waals surface area contributed by atoms with Gasteiger partial charge in [-0.25, -0.2) is 4.98 Å². The standard InChI is InChI=1S/C5H8O2.C3H4N2/c1-4(6)3-5(2)7;1-2-5-3-4-1/h3H2,1-2H3;1-3H,(H,4,5). The first-order valence-corrected chi connectivity index (χ1v) is 3.54. The highest BCUT2D eigenvalue weighted by atomic mass is 16.1. The van der Waals surface area contributed by atoms with Crippen LogP contribution in [-0.2, 0) is 9.59 Å². The van der Waals surface area contributed by atoms with Crippen molar-refractivity contribution in [2.45, 2.75) is 20.3 Å². The number of imidazole rings is 1. The molecule has 4 heteroatoms. The van der Waals surface area contributed by atoms with Crippen LogP contribution < -0.4 is 0 Å². The van der Waals surface area contributed by atoms with Crippen LogP contribution in [0.1, 0.15) is 20.3 Å². The van der Waals surface area contributed by atoms with Crippen molar-refractivity contribution in [3.05, 3.63) is 18.7 Å². The van der Waals surface area contributed by atoms with Crippen LogP contribution in [-0.4, -0.2) is 21.5 Å². The van der Waals surface area contributed by atoms with Crippen LogP contribution in [0.5, 0.6) is 0 Å². The SMILES string of the molecule is CC(=O)CC(C)=O.c1c[nH]cn1. The maximum Gasteiger partial charge on any atom is 0.137 e. The fourth-order valence-corrected chi connectivity index (χ4v) is 0.566. The molecule has 0 spiro atoms. The van der Waals surface area contributed by atoms with Crippen LogP contribution in [0.4, 0.5) is 0 Å². The Kier molecular flexibility index (Phi) is 5.51. The summed E-state index contributed by atoms with van der Waals surface area (Å²) in [6, 6.07) is 0. The molecule has 1 N–H and O–H groups in total. The van der Waals surface area contributed by atoms with E-state index in [9.17, 15) is 9.59 Å². The summed E-state index contributed by atoms with van der Waals surface area (Å²) in [6.07, 6.45) is 5.17. The van der Waals surface area contributed by atoms with E-state index < -0.39 is 0 Å². The number of H-pyrrole nitrogens is 1. The second-order valence-electron chi connectivity index (χ2n) is 2.34. The molecule has 0 unspecified atom stereocenters. The zero-order chi connectivity index (χ0) is 9.40. The van der Waals surface area contributed by atoms with Crippen LogP contribution >= 0.6 is 0 Å². The fourth-order valence-electron chi connectivity index (χ4n) is 0.566. The average molecular weight is 168 g/mol. The van der Waals surface area contributed by atoms with Crippen molar-refractivity contribution in [3.63, 3.8) is 0 Å². The lowest BCUT2D eigenvalue weighted by molar-refractivity contribution is -0.124. The van der Waals surface area contributed by atoms with Crippen molar-refractivity contribution in [1.82, 2.24) is 9.97 Å². The Morgan fingerprint density at radius 2 is 1.92 bits per heavy atom. The molecule has 0 aliphatic heterocycles. The van der Waals surface area contributed by atoms with Gasteiger partial charge in [0.1, 0.15) is 11.6 Å². The van der Waals surface area contributed by atoms with Gasteiger partial charge in [0.05, 0.1) is 12.7 Å². The van der Waals surface area contributed by atoms with Crippen LogP contribution in [0.2, 0.25) is 0 Å². The molecule has 66 valence electrons. The van der Waals surface area contributed by atoms with Crippen LogP contribution in [0.25, 0.3) is 0 Å². The number of rotatable bonds is 2. The lowest BCUT2D eigenvalue weighted by atomic mass is 10.2. The van der Waals surface area contributed by atoms with E-state index in [0.29, 0.717) is 0 Å². The molecule has 0 saturated heterocycles. The Bertz CT molecular complexity index is 200. The number of nitrogens with one attached hydrogen (secondary N) is 1. The number of hydrogen-bond acceptors (Lipinski definition) is 3. The predicted octanol–water partition coefficient (Wildman–Crippen LogP) is 0.964. The average Bonchev–Trinajstić information content (AvgIpc) is 2.36. The zero-order valence-corrected chi connectivity index (χ0v) is 7.20. The third-order valence-corrected chi connectivity index (χ3v) is 0.904. The van der Waals surface area contributed by atoms with Gasteiger partial charge in [-0.2, -0.15) is 0 Å².